The smallest absolute Gasteiger partial charge is 0.222 e. The fourth-order valence-electron chi connectivity index (χ4n) is 3.89. The van der Waals surface area contributed by atoms with Gasteiger partial charge in [-0.2, -0.15) is 0 Å². The first kappa shape index (κ1) is 16.8. The summed E-state index contributed by atoms with van der Waals surface area (Å²) in [6.45, 7) is 1.37. The maximum Gasteiger partial charge on any atom is 0.222 e. The van der Waals surface area contributed by atoms with Crippen LogP contribution in [0.3, 0.4) is 0 Å². The lowest BCUT2D eigenvalue weighted by atomic mass is 9.95. The van der Waals surface area contributed by atoms with Crippen molar-refractivity contribution in [1.29, 1.82) is 0 Å². The van der Waals surface area contributed by atoms with Crippen LogP contribution in [0.5, 0.6) is 0 Å². The zero-order valence-corrected chi connectivity index (χ0v) is 14.8. The molecule has 1 aliphatic heterocycles. The first-order valence-electron chi connectivity index (χ1n) is 9.27. The van der Waals surface area contributed by atoms with Crippen molar-refractivity contribution in [2.75, 3.05) is 13.1 Å². The van der Waals surface area contributed by atoms with Gasteiger partial charge in [-0.1, -0.05) is 72.8 Å². The van der Waals surface area contributed by atoms with Crippen molar-refractivity contribution in [3.8, 4) is 0 Å². The molecule has 2 N–H and O–H groups in total. The number of nitrogens with two attached hydrogens (primary N) is 1. The van der Waals surface area contributed by atoms with Crippen LogP contribution in [-0.4, -0.2) is 29.9 Å². The Bertz CT molecular complexity index is 906. The summed E-state index contributed by atoms with van der Waals surface area (Å²) in [6.07, 6.45) is 1.30. The van der Waals surface area contributed by atoms with Crippen LogP contribution in [0.25, 0.3) is 10.8 Å². The molecule has 1 aliphatic rings. The van der Waals surface area contributed by atoms with E-state index in [2.05, 4.69) is 42.5 Å². The van der Waals surface area contributed by atoms with E-state index in [-0.39, 0.29) is 17.9 Å². The van der Waals surface area contributed by atoms with E-state index in [1.165, 1.54) is 21.9 Å². The highest BCUT2D eigenvalue weighted by atomic mass is 16.2. The lowest BCUT2D eigenvalue weighted by Crippen LogP contribution is -2.32. The second-order valence-corrected chi connectivity index (χ2v) is 7.16. The number of rotatable bonds is 4. The second kappa shape index (κ2) is 7.30. The summed E-state index contributed by atoms with van der Waals surface area (Å²) in [5.41, 5.74) is 8.75. The number of aryl methyl sites for hydroxylation is 1. The van der Waals surface area contributed by atoms with Gasteiger partial charge in [-0.25, -0.2) is 0 Å². The summed E-state index contributed by atoms with van der Waals surface area (Å²) in [5, 5.41) is 2.46. The molecule has 3 aromatic carbocycles. The summed E-state index contributed by atoms with van der Waals surface area (Å²) in [7, 11) is 0. The fourth-order valence-corrected chi connectivity index (χ4v) is 3.89. The number of benzene rings is 3. The van der Waals surface area contributed by atoms with Crippen LogP contribution >= 0.6 is 0 Å². The average molecular weight is 344 g/mol. The number of hydrogen-bond acceptors (Lipinski definition) is 2. The molecule has 0 spiro atoms. The van der Waals surface area contributed by atoms with Gasteiger partial charge >= 0.3 is 0 Å². The van der Waals surface area contributed by atoms with Gasteiger partial charge < -0.3 is 10.6 Å². The molecule has 0 saturated carbocycles. The van der Waals surface area contributed by atoms with Gasteiger partial charge in [-0.15, -0.1) is 0 Å². The Morgan fingerprint density at radius 1 is 0.923 bits per heavy atom. The summed E-state index contributed by atoms with van der Waals surface area (Å²) in [5.74, 6) is 0.438. The molecule has 132 valence electrons. The maximum absolute atomic E-state index is 12.7. The van der Waals surface area contributed by atoms with Crippen molar-refractivity contribution < 1.29 is 4.79 Å². The summed E-state index contributed by atoms with van der Waals surface area (Å²) in [6, 6.07) is 25.1. The number of hydrogen-bond donors (Lipinski definition) is 1. The van der Waals surface area contributed by atoms with E-state index in [4.69, 9.17) is 5.73 Å². The third-order valence-corrected chi connectivity index (χ3v) is 5.39. The Morgan fingerprint density at radius 2 is 1.65 bits per heavy atom. The molecule has 0 aliphatic carbocycles. The first-order chi connectivity index (χ1) is 12.7. The molecule has 26 heavy (non-hydrogen) atoms. The number of carbonyl (C=O) groups excluding carboxylic acids is 1. The quantitative estimate of drug-likeness (QED) is 0.784. The highest BCUT2D eigenvalue weighted by Gasteiger charge is 2.33. The summed E-state index contributed by atoms with van der Waals surface area (Å²) >= 11 is 0. The highest BCUT2D eigenvalue weighted by molar-refractivity contribution is 5.83. The van der Waals surface area contributed by atoms with E-state index in [0.717, 1.165) is 13.0 Å². The second-order valence-electron chi connectivity index (χ2n) is 7.16. The molecule has 1 fully saturated rings. The van der Waals surface area contributed by atoms with Crippen molar-refractivity contribution in [2.24, 2.45) is 5.73 Å². The van der Waals surface area contributed by atoms with Crippen LogP contribution in [0, 0.1) is 0 Å². The normalized spacial score (nSPS) is 19.8. The van der Waals surface area contributed by atoms with Gasteiger partial charge in [-0.05, 0) is 28.3 Å². The molecule has 0 radical (unpaired) electrons. The Balaban J connectivity index is 1.39. The fraction of sp³-hybridized carbons (Fsp3) is 0.261. The van der Waals surface area contributed by atoms with Crippen LogP contribution < -0.4 is 5.73 Å². The van der Waals surface area contributed by atoms with Gasteiger partial charge in [0.15, 0.2) is 0 Å². The zero-order valence-electron chi connectivity index (χ0n) is 14.8. The van der Waals surface area contributed by atoms with Crippen molar-refractivity contribution >= 4 is 16.7 Å². The van der Waals surface area contributed by atoms with E-state index in [1.807, 2.05) is 35.2 Å². The van der Waals surface area contributed by atoms with Crippen LogP contribution in [0.15, 0.2) is 72.8 Å². The minimum Gasteiger partial charge on any atom is -0.340 e. The van der Waals surface area contributed by atoms with Gasteiger partial charge in [0.25, 0.3) is 0 Å². The Hall–Kier alpha value is -2.65. The van der Waals surface area contributed by atoms with Crippen LogP contribution in [0.4, 0.5) is 0 Å². The van der Waals surface area contributed by atoms with Crippen LogP contribution in [0.2, 0.25) is 0 Å². The molecule has 4 rings (SSSR count). The third kappa shape index (κ3) is 3.49. The molecule has 3 aromatic rings. The standard InChI is InChI=1S/C23H24N2O/c24-22-16-25(15-21(22)19-7-2-1-3-8-19)23(26)13-11-17-10-12-18-6-4-5-9-20(18)14-17/h1-10,12,14,21-22H,11,13,15-16,24H2/t21-,22+/m0/s1. The molecular weight excluding hydrogens is 320 g/mol. The third-order valence-electron chi connectivity index (χ3n) is 5.39. The van der Waals surface area contributed by atoms with Crippen molar-refractivity contribution in [1.82, 2.24) is 4.90 Å². The zero-order chi connectivity index (χ0) is 17.9. The lowest BCUT2D eigenvalue weighted by molar-refractivity contribution is -0.130. The minimum atomic E-state index is 0.0158. The van der Waals surface area contributed by atoms with Crippen LogP contribution in [-0.2, 0) is 11.2 Å². The summed E-state index contributed by atoms with van der Waals surface area (Å²) in [4.78, 5) is 14.6. The van der Waals surface area contributed by atoms with E-state index in [1.54, 1.807) is 0 Å². The minimum absolute atomic E-state index is 0.0158. The molecule has 2 atom stereocenters. The van der Waals surface area contributed by atoms with Crippen molar-refractivity contribution in [3.63, 3.8) is 0 Å². The van der Waals surface area contributed by atoms with E-state index < -0.39 is 0 Å². The molecule has 3 nitrogen and oxygen atoms in total. The lowest BCUT2D eigenvalue weighted by Gasteiger charge is -2.16. The van der Waals surface area contributed by atoms with Crippen molar-refractivity contribution in [3.05, 3.63) is 83.9 Å². The Labute approximate surface area is 154 Å². The number of likely N-dealkylation sites (tertiary alicyclic amines) is 1. The largest absolute Gasteiger partial charge is 0.340 e. The van der Waals surface area contributed by atoms with E-state index in [9.17, 15) is 4.79 Å². The molecule has 1 amide bonds. The highest BCUT2D eigenvalue weighted by Crippen LogP contribution is 2.27. The molecule has 0 bridgehead atoms. The first-order valence-corrected chi connectivity index (χ1v) is 9.27. The predicted octanol–water partition coefficient (Wildman–Crippen LogP) is 3.73. The summed E-state index contributed by atoms with van der Waals surface area (Å²) < 4.78 is 0. The number of carbonyl (C=O) groups is 1. The topological polar surface area (TPSA) is 46.3 Å². The number of fused-ring (bicyclic) bond motifs is 1. The average Bonchev–Trinajstić information content (AvgIpc) is 3.08. The van der Waals surface area contributed by atoms with Gasteiger partial charge in [0.2, 0.25) is 5.91 Å². The van der Waals surface area contributed by atoms with Gasteiger partial charge in [-0.3, -0.25) is 4.79 Å². The van der Waals surface area contributed by atoms with Gasteiger partial charge in [0.1, 0.15) is 0 Å². The monoisotopic (exact) mass is 344 g/mol. The Morgan fingerprint density at radius 3 is 2.46 bits per heavy atom. The van der Waals surface area contributed by atoms with Crippen molar-refractivity contribution in [2.45, 2.75) is 24.8 Å². The Kier molecular flexibility index (Phi) is 4.72. The van der Waals surface area contributed by atoms with E-state index in [0.29, 0.717) is 13.0 Å². The molecule has 0 aromatic heterocycles. The number of nitrogens with zero attached hydrogens (tertiary/aromatic N) is 1. The van der Waals surface area contributed by atoms with E-state index >= 15 is 0 Å². The SMILES string of the molecule is N[C@@H]1CN(C(=O)CCc2ccc3ccccc3c2)C[C@H]1c1ccccc1. The molecule has 3 heteroatoms. The van der Waals surface area contributed by atoms with Gasteiger partial charge in [0.05, 0.1) is 0 Å². The van der Waals surface area contributed by atoms with Gasteiger partial charge in [0, 0.05) is 31.5 Å². The van der Waals surface area contributed by atoms with Crippen LogP contribution in [0.1, 0.15) is 23.5 Å². The maximum atomic E-state index is 12.7. The number of amides is 1. The molecule has 1 saturated heterocycles. The molecule has 0 unspecified atom stereocenters. The molecular formula is C23H24N2O. The molecule has 1 heterocycles. The predicted molar refractivity (Wildman–Crippen MR) is 106 cm³/mol.